The molecule has 1 heterocycles. The van der Waals surface area contributed by atoms with Gasteiger partial charge in [-0.05, 0) is 15.9 Å². The van der Waals surface area contributed by atoms with E-state index in [1.165, 1.54) is 4.79 Å². The third-order valence-electron chi connectivity index (χ3n) is 1.73. The third-order valence-corrected chi connectivity index (χ3v) is 2.31. The fourth-order valence-corrected chi connectivity index (χ4v) is 1.68. The summed E-state index contributed by atoms with van der Waals surface area (Å²) in [6.07, 6.45) is 1.72. The van der Waals surface area contributed by atoms with E-state index in [0.29, 0.717) is 0 Å². The van der Waals surface area contributed by atoms with Gasteiger partial charge in [0.05, 0.1) is 10.7 Å². The van der Waals surface area contributed by atoms with E-state index in [4.69, 9.17) is 5.84 Å². The summed E-state index contributed by atoms with van der Waals surface area (Å²) in [6, 6.07) is 9.89. The SMILES string of the molecule is Nn1cc(Br)c(-c2ccccc2)n1. The third kappa shape index (κ3) is 1.58. The summed E-state index contributed by atoms with van der Waals surface area (Å²) >= 11 is 3.39. The minimum Gasteiger partial charge on any atom is -0.323 e. The van der Waals surface area contributed by atoms with Gasteiger partial charge in [-0.15, -0.1) is 0 Å². The molecular formula is C9H8BrN3. The number of halogens is 1. The highest BCUT2D eigenvalue weighted by Crippen LogP contribution is 2.25. The number of benzene rings is 1. The van der Waals surface area contributed by atoms with Crippen LogP contribution in [0, 0.1) is 0 Å². The predicted octanol–water partition coefficient (Wildman–Crippen LogP) is 2.03. The van der Waals surface area contributed by atoms with E-state index in [1.807, 2.05) is 30.3 Å². The molecule has 0 unspecified atom stereocenters. The van der Waals surface area contributed by atoms with Crippen molar-refractivity contribution in [3.05, 3.63) is 41.0 Å². The number of nitrogens with zero attached hydrogens (tertiary/aromatic N) is 2. The monoisotopic (exact) mass is 237 g/mol. The Kier molecular flexibility index (Phi) is 2.06. The summed E-state index contributed by atoms with van der Waals surface area (Å²) in [4.78, 5) is 1.30. The van der Waals surface area contributed by atoms with E-state index in [2.05, 4.69) is 21.0 Å². The fourth-order valence-electron chi connectivity index (χ4n) is 1.16. The van der Waals surface area contributed by atoms with Gasteiger partial charge < -0.3 is 5.84 Å². The minimum absolute atomic E-state index is 0.864. The Balaban J connectivity index is 2.53. The molecule has 2 N–H and O–H groups in total. The number of nitrogen functional groups attached to an aromatic ring is 1. The van der Waals surface area contributed by atoms with Gasteiger partial charge in [-0.3, -0.25) is 0 Å². The molecule has 0 atom stereocenters. The van der Waals surface area contributed by atoms with Gasteiger partial charge >= 0.3 is 0 Å². The number of hydrogen-bond donors (Lipinski definition) is 1. The van der Waals surface area contributed by atoms with Gasteiger partial charge in [0.1, 0.15) is 5.69 Å². The Bertz CT molecular complexity index is 408. The molecule has 1 aromatic carbocycles. The average molecular weight is 238 g/mol. The molecule has 0 spiro atoms. The lowest BCUT2D eigenvalue weighted by Gasteiger charge is -1.95. The molecule has 1 aromatic heterocycles. The molecular weight excluding hydrogens is 230 g/mol. The highest BCUT2D eigenvalue weighted by atomic mass is 79.9. The first-order valence-corrected chi connectivity index (χ1v) is 4.62. The van der Waals surface area contributed by atoms with Gasteiger partial charge in [-0.25, -0.2) is 0 Å². The van der Waals surface area contributed by atoms with Crippen LogP contribution in [0.4, 0.5) is 0 Å². The van der Waals surface area contributed by atoms with Crippen LogP contribution in [-0.4, -0.2) is 9.89 Å². The van der Waals surface area contributed by atoms with Gasteiger partial charge in [-0.2, -0.15) is 9.89 Å². The van der Waals surface area contributed by atoms with Crippen molar-refractivity contribution in [3.8, 4) is 11.3 Å². The zero-order valence-corrected chi connectivity index (χ0v) is 8.40. The molecule has 4 heteroatoms. The highest BCUT2D eigenvalue weighted by Gasteiger charge is 2.06. The molecule has 0 aliphatic rings. The lowest BCUT2D eigenvalue weighted by atomic mass is 10.2. The van der Waals surface area contributed by atoms with Crippen LogP contribution in [0.25, 0.3) is 11.3 Å². The summed E-state index contributed by atoms with van der Waals surface area (Å²) in [5.74, 6) is 5.49. The first kappa shape index (κ1) is 8.31. The molecule has 66 valence electrons. The maximum absolute atomic E-state index is 5.49. The smallest absolute Gasteiger partial charge is 0.109 e. The van der Waals surface area contributed by atoms with Crippen molar-refractivity contribution in [2.45, 2.75) is 0 Å². The molecule has 2 rings (SSSR count). The van der Waals surface area contributed by atoms with Gasteiger partial charge in [0.2, 0.25) is 0 Å². The van der Waals surface area contributed by atoms with E-state index in [9.17, 15) is 0 Å². The molecule has 0 amide bonds. The lowest BCUT2D eigenvalue weighted by molar-refractivity contribution is 0.835. The zero-order chi connectivity index (χ0) is 9.26. The van der Waals surface area contributed by atoms with E-state index in [0.717, 1.165) is 15.7 Å². The van der Waals surface area contributed by atoms with E-state index >= 15 is 0 Å². The molecule has 13 heavy (non-hydrogen) atoms. The molecule has 2 aromatic rings. The number of hydrogen-bond acceptors (Lipinski definition) is 2. The zero-order valence-electron chi connectivity index (χ0n) is 6.81. The molecule has 0 aliphatic carbocycles. The Labute approximate surface area is 84.3 Å². The number of rotatable bonds is 1. The summed E-state index contributed by atoms with van der Waals surface area (Å²) in [5, 5.41) is 4.13. The van der Waals surface area contributed by atoms with Crippen LogP contribution in [0.15, 0.2) is 41.0 Å². The largest absolute Gasteiger partial charge is 0.323 e. The second kappa shape index (κ2) is 3.22. The molecule has 0 saturated carbocycles. The lowest BCUT2D eigenvalue weighted by Crippen LogP contribution is -2.07. The molecule has 0 fully saturated rings. The summed E-state index contributed by atoms with van der Waals surface area (Å²) in [5.41, 5.74) is 1.92. The minimum atomic E-state index is 0.864. The Morgan fingerprint density at radius 3 is 2.46 bits per heavy atom. The predicted molar refractivity (Wildman–Crippen MR) is 55.5 cm³/mol. The van der Waals surface area contributed by atoms with Crippen LogP contribution >= 0.6 is 15.9 Å². The van der Waals surface area contributed by atoms with Crippen molar-refractivity contribution >= 4 is 15.9 Å². The quantitative estimate of drug-likeness (QED) is 0.772. The second-order valence-corrected chi connectivity index (χ2v) is 3.53. The summed E-state index contributed by atoms with van der Waals surface area (Å²) < 4.78 is 0.904. The summed E-state index contributed by atoms with van der Waals surface area (Å²) in [7, 11) is 0. The Hall–Kier alpha value is -1.29. The number of aromatic nitrogens is 2. The van der Waals surface area contributed by atoms with Crippen molar-refractivity contribution in [1.29, 1.82) is 0 Å². The van der Waals surface area contributed by atoms with Crippen molar-refractivity contribution in [2.24, 2.45) is 0 Å². The van der Waals surface area contributed by atoms with E-state index in [1.54, 1.807) is 6.20 Å². The van der Waals surface area contributed by atoms with Crippen LogP contribution < -0.4 is 5.84 Å². The fraction of sp³-hybridized carbons (Fsp3) is 0. The molecule has 3 nitrogen and oxygen atoms in total. The standard InChI is InChI=1S/C9H8BrN3/c10-8-6-13(11)12-9(8)7-4-2-1-3-5-7/h1-6H,11H2. The molecule has 0 radical (unpaired) electrons. The van der Waals surface area contributed by atoms with Crippen LogP contribution in [0.1, 0.15) is 0 Å². The molecule has 0 aliphatic heterocycles. The van der Waals surface area contributed by atoms with Crippen molar-refractivity contribution in [2.75, 3.05) is 5.84 Å². The molecule has 0 bridgehead atoms. The maximum atomic E-state index is 5.49. The maximum Gasteiger partial charge on any atom is 0.109 e. The Morgan fingerprint density at radius 1 is 1.23 bits per heavy atom. The molecule has 0 saturated heterocycles. The first-order valence-electron chi connectivity index (χ1n) is 3.83. The van der Waals surface area contributed by atoms with Crippen molar-refractivity contribution < 1.29 is 0 Å². The Morgan fingerprint density at radius 2 is 1.92 bits per heavy atom. The normalized spacial score (nSPS) is 10.2. The van der Waals surface area contributed by atoms with Gasteiger partial charge in [0.15, 0.2) is 0 Å². The van der Waals surface area contributed by atoms with Crippen LogP contribution in [0.2, 0.25) is 0 Å². The van der Waals surface area contributed by atoms with Gasteiger partial charge in [-0.1, -0.05) is 30.3 Å². The first-order chi connectivity index (χ1) is 6.27. The topological polar surface area (TPSA) is 43.8 Å². The highest BCUT2D eigenvalue weighted by molar-refractivity contribution is 9.10. The van der Waals surface area contributed by atoms with Crippen LogP contribution in [0.5, 0.6) is 0 Å². The number of nitrogens with two attached hydrogens (primary N) is 1. The average Bonchev–Trinajstić information content (AvgIpc) is 2.47. The van der Waals surface area contributed by atoms with Crippen molar-refractivity contribution in [3.63, 3.8) is 0 Å². The van der Waals surface area contributed by atoms with Gasteiger partial charge in [0.25, 0.3) is 0 Å². The van der Waals surface area contributed by atoms with E-state index in [-0.39, 0.29) is 0 Å². The van der Waals surface area contributed by atoms with Gasteiger partial charge in [0, 0.05) is 5.56 Å². The van der Waals surface area contributed by atoms with Crippen LogP contribution in [-0.2, 0) is 0 Å². The van der Waals surface area contributed by atoms with Crippen molar-refractivity contribution in [1.82, 2.24) is 9.89 Å². The summed E-state index contributed by atoms with van der Waals surface area (Å²) in [6.45, 7) is 0. The van der Waals surface area contributed by atoms with E-state index < -0.39 is 0 Å². The van der Waals surface area contributed by atoms with Crippen LogP contribution in [0.3, 0.4) is 0 Å². The second-order valence-electron chi connectivity index (χ2n) is 2.67.